The maximum absolute atomic E-state index is 10.1. The molecule has 1 atom stereocenters. The number of rotatable bonds is 2. The van der Waals surface area contributed by atoms with Gasteiger partial charge in [-0.1, -0.05) is 12.8 Å². The molecular formula is C10H18OS2. The molecule has 0 radical (unpaired) electrons. The van der Waals surface area contributed by atoms with Crippen LogP contribution in [0.4, 0.5) is 0 Å². The minimum atomic E-state index is -0.0298. The first kappa shape index (κ1) is 10.2. The Morgan fingerprint density at radius 2 is 1.62 bits per heavy atom. The monoisotopic (exact) mass is 218 g/mol. The molecule has 1 saturated heterocycles. The van der Waals surface area contributed by atoms with Crippen molar-refractivity contribution >= 4 is 23.5 Å². The summed E-state index contributed by atoms with van der Waals surface area (Å²) in [5, 5.41) is 10.1. The number of aliphatic hydroxyl groups is 1. The molecule has 1 nitrogen and oxygen atoms in total. The maximum atomic E-state index is 10.1. The van der Waals surface area contributed by atoms with Crippen LogP contribution in [0.2, 0.25) is 0 Å². The standard InChI is InChI=1S/C10H18OS2/c11-9(8-4-1-2-5-8)10-12-6-3-7-13-10/h8-11H,1-7H2/t9-/m1/s1. The molecule has 13 heavy (non-hydrogen) atoms. The minimum Gasteiger partial charge on any atom is -0.391 e. The molecule has 1 aliphatic carbocycles. The first-order chi connectivity index (χ1) is 6.38. The Kier molecular flexibility index (Phi) is 3.87. The van der Waals surface area contributed by atoms with E-state index in [2.05, 4.69) is 0 Å². The van der Waals surface area contributed by atoms with Gasteiger partial charge in [0.05, 0.1) is 10.7 Å². The van der Waals surface area contributed by atoms with Gasteiger partial charge in [0.1, 0.15) is 0 Å². The van der Waals surface area contributed by atoms with E-state index >= 15 is 0 Å². The zero-order chi connectivity index (χ0) is 9.10. The zero-order valence-electron chi connectivity index (χ0n) is 7.95. The summed E-state index contributed by atoms with van der Waals surface area (Å²) in [5.41, 5.74) is 0. The summed E-state index contributed by atoms with van der Waals surface area (Å²) in [4.78, 5) is 0. The van der Waals surface area contributed by atoms with Crippen LogP contribution in [0.3, 0.4) is 0 Å². The Hall–Kier alpha value is 0.660. The fraction of sp³-hybridized carbons (Fsp3) is 1.00. The van der Waals surface area contributed by atoms with Gasteiger partial charge in [0.2, 0.25) is 0 Å². The van der Waals surface area contributed by atoms with Gasteiger partial charge in [0.15, 0.2) is 0 Å². The van der Waals surface area contributed by atoms with E-state index in [0.29, 0.717) is 10.5 Å². The predicted molar refractivity (Wildman–Crippen MR) is 61.3 cm³/mol. The highest BCUT2D eigenvalue weighted by Crippen LogP contribution is 2.39. The van der Waals surface area contributed by atoms with E-state index < -0.39 is 0 Å². The zero-order valence-corrected chi connectivity index (χ0v) is 9.58. The average molecular weight is 218 g/mol. The quantitative estimate of drug-likeness (QED) is 0.769. The third-order valence-corrected chi connectivity index (χ3v) is 6.09. The fourth-order valence-corrected chi connectivity index (χ4v) is 5.29. The van der Waals surface area contributed by atoms with Crippen LogP contribution in [0.1, 0.15) is 32.1 Å². The topological polar surface area (TPSA) is 20.2 Å². The van der Waals surface area contributed by atoms with Crippen molar-refractivity contribution in [1.29, 1.82) is 0 Å². The summed E-state index contributed by atoms with van der Waals surface area (Å²) in [6.07, 6.45) is 6.49. The Labute approximate surface area is 89.1 Å². The molecule has 2 rings (SSSR count). The number of hydrogen-bond acceptors (Lipinski definition) is 3. The van der Waals surface area contributed by atoms with E-state index in [1.807, 2.05) is 23.5 Å². The van der Waals surface area contributed by atoms with Crippen LogP contribution in [0.25, 0.3) is 0 Å². The van der Waals surface area contributed by atoms with Crippen LogP contribution in [0.5, 0.6) is 0 Å². The predicted octanol–water partition coefficient (Wildman–Crippen LogP) is 2.73. The lowest BCUT2D eigenvalue weighted by Gasteiger charge is -2.29. The van der Waals surface area contributed by atoms with Crippen LogP contribution in [-0.4, -0.2) is 27.3 Å². The Morgan fingerprint density at radius 1 is 1.00 bits per heavy atom. The highest BCUT2D eigenvalue weighted by Gasteiger charge is 2.31. The molecule has 0 aromatic carbocycles. The molecule has 1 aliphatic heterocycles. The third-order valence-electron chi connectivity index (χ3n) is 3.01. The summed E-state index contributed by atoms with van der Waals surface area (Å²) >= 11 is 3.94. The van der Waals surface area contributed by atoms with Gasteiger partial charge in [-0.15, -0.1) is 23.5 Å². The van der Waals surface area contributed by atoms with E-state index in [-0.39, 0.29) is 6.10 Å². The second-order valence-electron chi connectivity index (χ2n) is 4.00. The SMILES string of the molecule is O[C@H](C1CCCC1)C1SCCCS1. The molecule has 1 heterocycles. The Balaban J connectivity index is 1.83. The van der Waals surface area contributed by atoms with Gasteiger partial charge in [0.25, 0.3) is 0 Å². The van der Waals surface area contributed by atoms with Gasteiger partial charge in [-0.3, -0.25) is 0 Å². The van der Waals surface area contributed by atoms with Gasteiger partial charge in [-0.2, -0.15) is 0 Å². The molecule has 0 spiro atoms. The molecule has 3 heteroatoms. The summed E-state index contributed by atoms with van der Waals surface area (Å²) in [7, 11) is 0. The van der Waals surface area contributed by atoms with Crippen molar-refractivity contribution in [1.82, 2.24) is 0 Å². The van der Waals surface area contributed by atoms with E-state index in [1.165, 1.54) is 43.6 Å². The van der Waals surface area contributed by atoms with Crippen molar-refractivity contribution in [3.63, 3.8) is 0 Å². The molecule has 2 fully saturated rings. The van der Waals surface area contributed by atoms with Crippen molar-refractivity contribution < 1.29 is 5.11 Å². The van der Waals surface area contributed by atoms with E-state index in [4.69, 9.17) is 0 Å². The molecule has 1 saturated carbocycles. The van der Waals surface area contributed by atoms with Gasteiger partial charge >= 0.3 is 0 Å². The highest BCUT2D eigenvalue weighted by molar-refractivity contribution is 8.17. The van der Waals surface area contributed by atoms with Crippen molar-refractivity contribution in [2.45, 2.75) is 42.8 Å². The molecule has 2 aliphatic rings. The number of thioether (sulfide) groups is 2. The fourth-order valence-electron chi connectivity index (χ4n) is 2.22. The lowest BCUT2D eigenvalue weighted by atomic mass is 10.0. The van der Waals surface area contributed by atoms with Crippen molar-refractivity contribution in [2.75, 3.05) is 11.5 Å². The summed E-state index contributed by atoms with van der Waals surface area (Å²) < 4.78 is 0.483. The average Bonchev–Trinajstić information content (AvgIpc) is 2.71. The van der Waals surface area contributed by atoms with Crippen molar-refractivity contribution in [3.8, 4) is 0 Å². The number of aliphatic hydroxyl groups excluding tert-OH is 1. The third kappa shape index (κ3) is 2.57. The van der Waals surface area contributed by atoms with Gasteiger partial charge < -0.3 is 5.11 Å². The van der Waals surface area contributed by atoms with Crippen molar-refractivity contribution in [3.05, 3.63) is 0 Å². The summed E-state index contributed by atoms with van der Waals surface area (Å²) in [5.74, 6) is 3.12. The Morgan fingerprint density at radius 3 is 2.23 bits per heavy atom. The first-order valence-electron chi connectivity index (χ1n) is 5.29. The normalized spacial score (nSPS) is 29.3. The highest BCUT2D eigenvalue weighted by atomic mass is 32.2. The first-order valence-corrected chi connectivity index (χ1v) is 7.39. The van der Waals surface area contributed by atoms with Crippen LogP contribution in [0.15, 0.2) is 0 Å². The lowest BCUT2D eigenvalue weighted by molar-refractivity contribution is 0.126. The van der Waals surface area contributed by atoms with Gasteiger partial charge in [0, 0.05) is 0 Å². The minimum absolute atomic E-state index is 0.0298. The van der Waals surface area contributed by atoms with Crippen LogP contribution >= 0.6 is 23.5 Å². The Bertz CT molecular complexity index is 151. The maximum Gasteiger partial charge on any atom is 0.0778 e. The summed E-state index contributed by atoms with van der Waals surface area (Å²) in [6, 6.07) is 0. The largest absolute Gasteiger partial charge is 0.391 e. The molecule has 0 bridgehead atoms. The van der Waals surface area contributed by atoms with E-state index in [1.54, 1.807) is 0 Å². The second-order valence-corrected chi connectivity index (χ2v) is 6.80. The molecule has 0 aromatic rings. The lowest BCUT2D eigenvalue weighted by Crippen LogP contribution is -2.29. The van der Waals surface area contributed by atoms with Crippen molar-refractivity contribution in [2.24, 2.45) is 5.92 Å². The number of hydrogen-bond donors (Lipinski definition) is 1. The molecule has 0 aromatic heterocycles. The smallest absolute Gasteiger partial charge is 0.0778 e. The van der Waals surface area contributed by atoms with Crippen LogP contribution in [0, 0.1) is 5.92 Å². The van der Waals surface area contributed by atoms with Crippen LogP contribution < -0.4 is 0 Å². The van der Waals surface area contributed by atoms with Gasteiger partial charge in [-0.05, 0) is 36.7 Å². The molecular weight excluding hydrogens is 200 g/mol. The van der Waals surface area contributed by atoms with Crippen LogP contribution in [-0.2, 0) is 0 Å². The molecule has 0 amide bonds. The van der Waals surface area contributed by atoms with E-state index in [9.17, 15) is 5.11 Å². The molecule has 0 unspecified atom stereocenters. The molecule has 76 valence electrons. The second kappa shape index (κ2) is 4.94. The summed E-state index contributed by atoms with van der Waals surface area (Å²) in [6.45, 7) is 0. The van der Waals surface area contributed by atoms with Gasteiger partial charge in [-0.25, -0.2) is 0 Å². The van der Waals surface area contributed by atoms with E-state index in [0.717, 1.165) is 0 Å². The molecule has 1 N–H and O–H groups in total.